The average molecular weight is 345 g/mol. The molecule has 5 heteroatoms. The van der Waals surface area contributed by atoms with Gasteiger partial charge in [0, 0.05) is 11.4 Å². The molecule has 0 aliphatic heterocycles. The molecule has 0 unspecified atom stereocenters. The van der Waals surface area contributed by atoms with E-state index in [1.54, 1.807) is 0 Å². The van der Waals surface area contributed by atoms with Gasteiger partial charge in [0.15, 0.2) is 6.61 Å². The van der Waals surface area contributed by atoms with Gasteiger partial charge in [-0.25, -0.2) is 0 Å². The molecule has 2 rings (SSSR count). The summed E-state index contributed by atoms with van der Waals surface area (Å²) < 4.78 is 4.98. The smallest absolute Gasteiger partial charge is 0.311 e. The number of hydrogen-bond acceptors (Lipinski definition) is 4. The predicted octanol–water partition coefficient (Wildman–Crippen LogP) is 3.32. The van der Waals surface area contributed by atoms with E-state index in [9.17, 15) is 9.59 Å². The van der Waals surface area contributed by atoms with Crippen LogP contribution in [0.5, 0.6) is 0 Å². The van der Waals surface area contributed by atoms with E-state index in [1.165, 1.54) is 22.5 Å². The molecule has 128 valence electrons. The van der Waals surface area contributed by atoms with Crippen LogP contribution in [-0.2, 0) is 27.2 Å². The van der Waals surface area contributed by atoms with Gasteiger partial charge >= 0.3 is 5.97 Å². The maximum absolute atomic E-state index is 11.7. The summed E-state index contributed by atoms with van der Waals surface area (Å²) in [5.74, 6) is -0.132. The highest BCUT2D eigenvalue weighted by atomic mass is 32.1. The lowest BCUT2D eigenvalue weighted by atomic mass is 10.0. The fourth-order valence-corrected chi connectivity index (χ4v) is 2.91. The number of rotatable bonds is 8. The fraction of sp³-hybridized carbons (Fsp3) is 0.368. The molecule has 0 bridgehead atoms. The monoisotopic (exact) mass is 345 g/mol. The molecule has 0 radical (unpaired) electrons. The fourth-order valence-electron chi connectivity index (χ4n) is 2.22. The molecule has 1 aromatic carbocycles. The number of carbonyl (C=O) groups is 2. The van der Waals surface area contributed by atoms with Crippen molar-refractivity contribution in [2.24, 2.45) is 0 Å². The lowest BCUT2D eigenvalue weighted by Gasteiger charge is -2.08. The highest BCUT2D eigenvalue weighted by Gasteiger charge is 2.09. The summed E-state index contributed by atoms with van der Waals surface area (Å²) in [6.07, 6.45) is 0.973. The quantitative estimate of drug-likeness (QED) is 0.747. The number of nitrogens with one attached hydrogen (secondary N) is 1. The lowest BCUT2D eigenvalue weighted by molar-refractivity contribution is -0.147. The molecule has 0 fully saturated rings. The number of ether oxygens (including phenoxy) is 1. The topological polar surface area (TPSA) is 55.4 Å². The van der Waals surface area contributed by atoms with Crippen LogP contribution in [0.4, 0.5) is 0 Å². The first-order chi connectivity index (χ1) is 11.5. The second-order valence-electron chi connectivity index (χ2n) is 5.91. The maximum atomic E-state index is 11.7. The van der Waals surface area contributed by atoms with Crippen molar-refractivity contribution in [1.82, 2.24) is 5.32 Å². The Bertz CT molecular complexity index is 648. The van der Waals surface area contributed by atoms with Crippen molar-refractivity contribution >= 4 is 23.2 Å². The second kappa shape index (κ2) is 9.23. The first kappa shape index (κ1) is 18.2. The van der Waals surface area contributed by atoms with Gasteiger partial charge in [0.05, 0.1) is 6.42 Å². The van der Waals surface area contributed by atoms with E-state index in [1.807, 2.05) is 17.5 Å². The summed E-state index contributed by atoms with van der Waals surface area (Å²) in [5, 5.41) is 4.67. The standard InChI is InChI=1S/C19H23NO3S/c1-14(2)16-7-5-15(6-8-16)9-10-20-18(21)13-23-19(22)12-17-4-3-11-24-17/h3-8,11,14H,9-10,12-13H2,1-2H3,(H,20,21). The van der Waals surface area contributed by atoms with Gasteiger partial charge in [0.25, 0.3) is 5.91 Å². The molecule has 2 aromatic rings. The van der Waals surface area contributed by atoms with Gasteiger partial charge in [0.2, 0.25) is 0 Å². The highest BCUT2D eigenvalue weighted by Crippen LogP contribution is 2.14. The zero-order chi connectivity index (χ0) is 17.4. The number of carbonyl (C=O) groups excluding carboxylic acids is 2. The Morgan fingerprint density at radius 3 is 2.54 bits per heavy atom. The number of hydrogen-bond donors (Lipinski definition) is 1. The van der Waals surface area contributed by atoms with Gasteiger partial charge in [-0.2, -0.15) is 0 Å². The third-order valence-electron chi connectivity index (χ3n) is 3.65. The lowest BCUT2D eigenvalue weighted by Crippen LogP contribution is -2.30. The Morgan fingerprint density at radius 2 is 1.92 bits per heavy atom. The van der Waals surface area contributed by atoms with Crippen molar-refractivity contribution in [1.29, 1.82) is 0 Å². The molecule has 0 atom stereocenters. The number of esters is 1. The Hall–Kier alpha value is -2.14. The van der Waals surface area contributed by atoms with Crippen molar-refractivity contribution in [2.45, 2.75) is 32.6 Å². The van der Waals surface area contributed by atoms with Gasteiger partial charge in [-0.3, -0.25) is 9.59 Å². The van der Waals surface area contributed by atoms with Gasteiger partial charge < -0.3 is 10.1 Å². The molecule has 24 heavy (non-hydrogen) atoms. The molecular weight excluding hydrogens is 322 g/mol. The molecular formula is C19H23NO3S. The van der Waals surface area contributed by atoms with Crippen LogP contribution in [0, 0.1) is 0 Å². The second-order valence-corrected chi connectivity index (χ2v) is 6.95. The number of amides is 1. The van der Waals surface area contributed by atoms with E-state index in [-0.39, 0.29) is 24.9 Å². The van der Waals surface area contributed by atoms with E-state index in [2.05, 4.69) is 43.4 Å². The average Bonchev–Trinajstić information content (AvgIpc) is 3.06. The number of thiophene rings is 1. The minimum absolute atomic E-state index is 0.215. The van der Waals surface area contributed by atoms with Crippen LogP contribution in [-0.4, -0.2) is 25.0 Å². The summed E-state index contributed by atoms with van der Waals surface area (Å²) in [7, 11) is 0. The SMILES string of the molecule is CC(C)c1ccc(CCNC(=O)COC(=O)Cc2cccs2)cc1. The summed E-state index contributed by atoms with van der Waals surface area (Å²) in [5.41, 5.74) is 2.48. The molecule has 1 amide bonds. The van der Waals surface area contributed by atoms with Crippen LogP contribution in [0.15, 0.2) is 41.8 Å². The molecule has 0 aliphatic rings. The summed E-state index contributed by atoms with van der Waals surface area (Å²) in [4.78, 5) is 24.2. The van der Waals surface area contributed by atoms with Crippen LogP contribution >= 0.6 is 11.3 Å². The van der Waals surface area contributed by atoms with Gasteiger partial charge in [0.1, 0.15) is 0 Å². The van der Waals surface area contributed by atoms with Crippen LogP contribution < -0.4 is 5.32 Å². The van der Waals surface area contributed by atoms with Crippen molar-refractivity contribution in [2.75, 3.05) is 13.2 Å². The first-order valence-electron chi connectivity index (χ1n) is 8.08. The first-order valence-corrected chi connectivity index (χ1v) is 8.96. The molecule has 0 spiro atoms. The van der Waals surface area contributed by atoms with Crippen LogP contribution in [0.25, 0.3) is 0 Å². The molecule has 1 heterocycles. The van der Waals surface area contributed by atoms with Gasteiger partial charge in [-0.05, 0) is 34.9 Å². The summed E-state index contributed by atoms with van der Waals surface area (Å²) in [6, 6.07) is 12.2. The third-order valence-corrected chi connectivity index (χ3v) is 4.52. The third kappa shape index (κ3) is 6.16. The molecule has 0 saturated heterocycles. The zero-order valence-electron chi connectivity index (χ0n) is 14.1. The van der Waals surface area contributed by atoms with Crippen molar-refractivity contribution in [3.8, 4) is 0 Å². The molecule has 1 aromatic heterocycles. The van der Waals surface area contributed by atoms with E-state index in [0.29, 0.717) is 12.5 Å². The Morgan fingerprint density at radius 1 is 1.17 bits per heavy atom. The maximum Gasteiger partial charge on any atom is 0.311 e. The van der Waals surface area contributed by atoms with Crippen LogP contribution in [0.3, 0.4) is 0 Å². The van der Waals surface area contributed by atoms with Crippen molar-refractivity contribution in [3.63, 3.8) is 0 Å². The number of benzene rings is 1. The van der Waals surface area contributed by atoms with Crippen molar-refractivity contribution < 1.29 is 14.3 Å². The van der Waals surface area contributed by atoms with E-state index < -0.39 is 0 Å². The summed E-state index contributed by atoms with van der Waals surface area (Å²) >= 11 is 1.50. The summed E-state index contributed by atoms with van der Waals surface area (Å²) in [6.45, 7) is 4.63. The molecule has 4 nitrogen and oxygen atoms in total. The largest absolute Gasteiger partial charge is 0.455 e. The van der Waals surface area contributed by atoms with Crippen LogP contribution in [0.1, 0.15) is 35.8 Å². The minimum Gasteiger partial charge on any atom is -0.455 e. The van der Waals surface area contributed by atoms with Crippen LogP contribution in [0.2, 0.25) is 0 Å². The molecule has 0 aliphatic carbocycles. The Balaban J connectivity index is 1.63. The normalized spacial score (nSPS) is 10.6. The van der Waals surface area contributed by atoms with E-state index in [0.717, 1.165) is 11.3 Å². The Labute approximate surface area is 146 Å². The molecule has 1 N–H and O–H groups in total. The molecule has 0 saturated carbocycles. The zero-order valence-corrected chi connectivity index (χ0v) is 14.9. The van der Waals surface area contributed by atoms with Gasteiger partial charge in [-0.1, -0.05) is 44.2 Å². The predicted molar refractivity (Wildman–Crippen MR) is 96.2 cm³/mol. The van der Waals surface area contributed by atoms with Crippen molar-refractivity contribution in [3.05, 3.63) is 57.8 Å². The highest BCUT2D eigenvalue weighted by molar-refractivity contribution is 7.10. The minimum atomic E-state index is -0.378. The van der Waals surface area contributed by atoms with Gasteiger partial charge in [-0.15, -0.1) is 11.3 Å². The Kier molecular flexibility index (Phi) is 7.00. The van der Waals surface area contributed by atoms with E-state index in [4.69, 9.17) is 4.74 Å². The van der Waals surface area contributed by atoms with E-state index >= 15 is 0 Å².